The lowest BCUT2D eigenvalue weighted by atomic mass is 9.94. The Balaban J connectivity index is 1.81. The number of rotatable bonds is 13. The summed E-state index contributed by atoms with van der Waals surface area (Å²) in [6.45, 7) is 3.94. The van der Waals surface area contributed by atoms with Crippen LogP contribution < -0.4 is 9.47 Å². The van der Waals surface area contributed by atoms with Gasteiger partial charge in [-0.15, -0.1) is 0 Å². The molecule has 0 radical (unpaired) electrons. The predicted molar refractivity (Wildman–Crippen MR) is 124 cm³/mol. The summed E-state index contributed by atoms with van der Waals surface area (Å²) in [5, 5.41) is 10.5. The molecule has 1 fully saturated rings. The number of benzene rings is 1. The maximum Gasteiger partial charge on any atom is 0.161 e. The van der Waals surface area contributed by atoms with Gasteiger partial charge >= 0.3 is 0 Å². The molecule has 2 rings (SSSR count). The third-order valence-corrected chi connectivity index (χ3v) is 5.95. The normalized spacial score (nSPS) is 16.4. The number of ether oxygens (including phenoxy) is 2. The van der Waals surface area contributed by atoms with Crippen molar-refractivity contribution in [3.8, 4) is 11.5 Å². The highest BCUT2D eigenvalue weighted by Gasteiger charge is 2.20. The van der Waals surface area contributed by atoms with Gasteiger partial charge in [-0.05, 0) is 78.2 Å². The highest BCUT2D eigenvalue weighted by atomic mass is 16.5. The molecular formula is C24H43N3O3. The minimum Gasteiger partial charge on any atom is -0.493 e. The smallest absolute Gasteiger partial charge is 0.161 e. The SMILES string of the molecule is COc1cc(CN(C)CCCN(C)C)ccc1OC[C@H](O)CN(C)C1CCCCC1. The zero-order chi connectivity index (χ0) is 21.9. The Hall–Kier alpha value is -1.34. The lowest BCUT2D eigenvalue weighted by molar-refractivity contribution is 0.0553. The van der Waals surface area contributed by atoms with E-state index in [1.165, 1.54) is 37.7 Å². The van der Waals surface area contributed by atoms with Gasteiger partial charge in [0.1, 0.15) is 12.7 Å². The minimum absolute atomic E-state index is 0.275. The van der Waals surface area contributed by atoms with Crippen molar-refractivity contribution in [1.29, 1.82) is 0 Å². The molecule has 30 heavy (non-hydrogen) atoms. The fourth-order valence-corrected chi connectivity index (χ4v) is 4.22. The largest absolute Gasteiger partial charge is 0.493 e. The van der Waals surface area contributed by atoms with Crippen molar-refractivity contribution in [3.05, 3.63) is 23.8 Å². The van der Waals surface area contributed by atoms with Crippen LogP contribution in [0.5, 0.6) is 11.5 Å². The summed E-state index contributed by atoms with van der Waals surface area (Å²) in [7, 11) is 10.1. The number of hydrogen-bond acceptors (Lipinski definition) is 6. The molecule has 1 aliphatic rings. The number of likely N-dealkylation sites (N-methyl/N-ethyl adjacent to an activating group) is 1. The molecule has 0 aliphatic heterocycles. The lowest BCUT2D eigenvalue weighted by Gasteiger charge is -2.32. The first-order valence-electron chi connectivity index (χ1n) is 11.4. The maximum absolute atomic E-state index is 10.5. The van der Waals surface area contributed by atoms with Crippen LogP contribution in [0.2, 0.25) is 0 Å². The van der Waals surface area contributed by atoms with E-state index in [9.17, 15) is 5.11 Å². The van der Waals surface area contributed by atoms with Gasteiger partial charge in [0.15, 0.2) is 11.5 Å². The molecule has 0 aromatic heterocycles. The van der Waals surface area contributed by atoms with Crippen molar-refractivity contribution in [2.75, 3.05) is 61.5 Å². The van der Waals surface area contributed by atoms with Crippen LogP contribution in [0.3, 0.4) is 0 Å². The molecule has 0 spiro atoms. The third kappa shape index (κ3) is 8.80. The average Bonchev–Trinajstić information content (AvgIpc) is 2.73. The topological polar surface area (TPSA) is 48.4 Å². The molecule has 0 heterocycles. The Morgan fingerprint density at radius 1 is 1.03 bits per heavy atom. The molecule has 172 valence electrons. The van der Waals surface area contributed by atoms with Gasteiger partial charge in [0.05, 0.1) is 7.11 Å². The van der Waals surface area contributed by atoms with Gasteiger partial charge in [0.2, 0.25) is 0 Å². The summed E-state index contributed by atoms with van der Waals surface area (Å²) in [6, 6.07) is 6.68. The van der Waals surface area contributed by atoms with E-state index in [0.717, 1.165) is 31.8 Å². The Kier molecular flexibility index (Phi) is 10.9. The van der Waals surface area contributed by atoms with Crippen molar-refractivity contribution in [1.82, 2.24) is 14.7 Å². The summed E-state index contributed by atoms with van der Waals surface area (Å²) in [6.07, 6.45) is 7.06. The molecule has 1 N–H and O–H groups in total. The summed E-state index contributed by atoms with van der Waals surface area (Å²) < 4.78 is 11.5. The van der Waals surface area contributed by atoms with E-state index in [2.05, 4.69) is 49.0 Å². The van der Waals surface area contributed by atoms with Crippen molar-refractivity contribution in [2.45, 2.75) is 57.2 Å². The lowest BCUT2D eigenvalue weighted by Crippen LogP contribution is -2.40. The maximum atomic E-state index is 10.5. The number of methoxy groups -OCH3 is 1. The fraction of sp³-hybridized carbons (Fsp3) is 0.750. The third-order valence-electron chi connectivity index (χ3n) is 5.95. The second-order valence-electron chi connectivity index (χ2n) is 9.08. The van der Waals surface area contributed by atoms with Gasteiger partial charge in [0.25, 0.3) is 0 Å². The Morgan fingerprint density at radius 3 is 2.43 bits per heavy atom. The van der Waals surface area contributed by atoms with Gasteiger partial charge in [-0.1, -0.05) is 25.3 Å². The quantitative estimate of drug-likeness (QED) is 0.528. The molecule has 0 bridgehead atoms. The summed E-state index contributed by atoms with van der Waals surface area (Å²) >= 11 is 0. The zero-order valence-corrected chi connectivity index (χ0v) is 19.8. The minimum atomic E-state index is -0.510. The van der Waals surface area contributed by atoms with E-state index >= 15 is 0 Å². The van der Waals surface area contributed by atoms with Gasteiger partial charge in [-0.3, -0.25) is 0 Å². The van der Waals surface area contributed by atoms with Gasteiger partial charge < -0.3 is 29.3 Å². The van der Waals surface area contributed by atoms with Crippen LogP contribution in [0.25, 0.3) is 0 Å². The molecular weight excluding hydrogens is 378 g/mol. The zero-order valence-electron chi connectivity index (χ0n) is 19.8. The monoisotopic (exact) mass is 421 g/mol. The standard InChI is InChI=1S/C24H43N3O3/c1-25(2)14-9-15-26(3)17-20-12-13-23(24(16-20)29-5)30-19-22(28)18-27(4)21-10-7-6-8-11-21/h12-13,16,21-22,28H,6-11,14-15,17-19H2,1-5H3/t22-/m1/s1. The number of aliphatic hydroxyl groups is 1. The highest BCUT2D eigenvalue weighted by Crippen LogP contribution is 2.29. The van der Waals surface area contributed by atoms with E-state index in [0.29, 0.717) is 18.3 Å². The first-order chi connectivity index (χ1) is 14.4. The van der Waals surface area contributed by atoms with E-state index in [1.807, 2.05) is 12.1 Å². The first-order valence-corrected chi connectivity index (χ1v) is 11.4. The van der Waals surface area contributed by atoms with Crippen LogP contribution in [0.15, 0.2) is 18.2 Å². The predicted octanol–water partition coefficient (Wildman–Crippen LogP) is 3.08. The summed E-state index contributed by atoms with van der Waals surface area (Å²) in [5.74, 6) is 1.41. The molecule has 0 saturated heterocycles. The van der Waals surface area contributed by atoms with Crippen molar-refractivity contribution in [2.24, 2.45) is 0 Å². The molecule has 6 heteroatoms. The number of aliphatic hydroxyl groups excluding tert-OH is 1. The first kappa shape index (κ1) is 24.9. The molecule has 1 aromatic carbocycles. The van der Waals surface area contributed by atoms with E-state index in [1.54, 1.807) is 7.11 Å². The summed E-state index contributed by atoms with van der Waals surface area (Å²) in [4.78, 5) is 6.83. The number of hydrogen-bond donors (Lipinski definition) is 1. The second kappa shape index (κ2) is 13.2. The van der Waals surface area contributed by atoms with Crippen LogP contribution >= 0.6 is 0 Å². The Morgan fingerprint density at radius 2 is 1.77 bits per heavy atom. The average molecular weight is 422 g/mol. The molecule has 6 nitrogen and oxygen atoms in total. The Bertz CT molecular complexity index is 605. The Labute approximate surface area is 183 Å². The molecule has 0 amide bonds. The van der Waals surface area contributed by atoms with Crippen LogP contribution in [-0.4, -0.2) is 93.5 Å². The van der Waals surface area contributed by atoms with Crippen LogP contribution in [0.1, 0.15) is 44.1 Å². The van der Waals surface area contributed by atoms with E-state index < -0.39 is 6.10 Å². The molecule has 1 aliphatic carbocycles. The van der Waals surface area contributed by atoms with E-state index in [-0.39, 0.29) is 6.61 Å². The summed E-state index contributed by atoms with van der Waals surface area (Å²) in [5.41, 5.74) is 1.20. The molecule has 1 atom stereocenters. The molecule has 1 aromatic rings. The van der Waals surface area contributed by atoms with Crippen molar-refractivity contribution < 1.29 is 14.6 Å². The van der Waals surface area contributed by atoms with Crippen LogP contribution in [0.4, 0.5) is 0 Å². The van der Waals surface area contributed by atoms with E-state index in [4.69, 9.17) is 9.47 Å². The second-order valence-corrected chi connectivity index (χ2v) is 9.08. The molecule has 0 unspecified atom stereocenters. The van der Waals surface area contributed by atoms with Crippen molar-refractivity contribution >= 4 is 0 Å². The highest BCUT2D eigenvalue weighted by molar-refractivity contribution is 5.43. The van der Waals surface area contributed by atoms with Gasteiger partial charge in [0, 0.05) is 19.1 Å². The van der Waals surface area contributed by atoms with Gasteiger partial charge in [-0.25, -0.2) is 0 Å². The van der Waals surface area contributed by atoms with Crippen LogP contribution in [0, 0.1) is 0 Å². The fourth-order valence-electron chi connectivity index (χ4n) is 4.22. The van der Waals surface area contributed by atoms with Crippen LogP contribution in [-0.2, 0) is 6.54 Å². The number of nitrogens with zero attached hydrogens (tertiary/aromatic N) is 3. The molecule has 1 saturated carbocycles. The van der Waals surface area contributed by atoms with Gasteiger partial charge in [-0.2, -0.15) is 0 Å². The van der Waals surface area contributed by atoms with Crippen molar-refractivity contribution in [3.63, 3.8) is 0 Å².